The van der Waals surface area contributed by atoms with E-state index in [2.05, 4.69) is 5.32 Å². The molecule has 14 heavy (non-hydrogen) atoms. The number of hydrogen-bond acceptors (Lipinski definition) is 3. The molecule has 0 aliphatic carbocycles. The van der Waals surface area contributed by atoms with Gasteiger partial charge in [0.1, 0.15) is 0 Å². The molecule has 0 spiro atoms. The van der Waals surface area contributed by atoms with Crippen LogP contribution in [0, 0.1) is 0 Å². The first kappa shape index (κ1) is 12.9. The Hall–Kier alpha value is -1.10. The normalized spacial score (nSPS) is 10.1. The van der Waals surface area contributed by atoms with Crippen LogP contribution in [0.2, 0.25) is 6.04 Å². The second-order valence-electron chi connectivity index (χ2n) is 2.63. The highest BCUT2D eigenvalue weighted by molar-refractivity contribution is 6.30. The molecule has 5 heteroatoms. The number of carbonyl (C=O) groups is 2. The van der Waals surface area contributed by atoms with Crippen molar-refractivity contribution in [2.24, 2.45) is 0 Å². The van der Waals surface area contributed by atoms with Gasteiger partial charge in [0.2, 0.25) is 5.91 Å². The van der Waals surface area contributed by atoms with Crippen LogP contribution < -0.4 is 5.32 Å². The van der Waals surface area contributed by atoms with Crippen LogP contribution in [0.3, 0.4) is 0 Å². The molecule has 0 aromatic heterocycles. The smallest absolute Gasteiger partial charge is 0.314 e. The van der Waals surface area contributed by atoms with Crippen molar-refractivity contribution in [3.05, 3.63) is 12.2 Å². The summed E-state index contributed by atoms with van der Waals surface area (Å²) < 4.78 is 4.76. The van der Waals surface area contributed by atoms with Gasteiger partial charge in [0, 0.05) is 13.5 Å². The summed E-state index contributed by atoms with van der Waals surface area (Å²) in [6.07, 6.45) is 4.00. The highest BCUT2D eigenvalue weighted by atomic mass is 28.2. The van der Waals surface area contributed by atoms with E-state index in [4.69, 9.17) is 4.43 Å². The zero-order chi connectivity index (χ0) is 10.8. The van der Waals surface area contributed by atoms with Crippen molar-refractivity contribution in [1.82, 2.24) is 5.32 Å². The molecule has 0 aliphatic rings. The molecule has 78 valence electrons. The third kappa shape index (κ3) is 8.99. The highest BCUT2D eigenvalue weighted by Crippen LogP contribution is 1.88. The third-order valence-corrected chi connectivity index (χ3v) is 2.28. The molecule has 1 amide bonds. The van der Waals surface area contributed by atoms with E-state index in [1.807, 2.05) is 0 Å². The number of allylic oxidation sites excluding steroid dienone is 1. The van der Waals surface area contributed by atoms with Crippen LogP contribution in [-0.4, -0.2) is 28.2 Å². The summed E-state index contributed by atoms with van der Waals surface area (Å²) >= 11 is 0. The van der Waals surface area contributed by atoms with Crippen LogP contribution >= 0.6 is 0 Å². The van der Waals surface area contributed by atoms with E-state index < -0.39 is 0 Å². The maximum absolute atomic E-state index is 10.9. The predicted octanol–water partition coefficient (Wildman–Crippen LogP) is 0.669. The van der Waals surface area contributed by atoms with E-state index in [9.17, 15) is 9.59 Å². The highest BCUT2D eigenvalue weighted by Gasteiger charge is 1.97. The maximum Gasteiger partial charge on any atom is 0.314 e. The third-order valence-electron chi connectivity index (χ3n) is 1.29. The summed E-state index contributed by atoms with van der Waals surface area (Å²) in [5.74, 6) is -0.329. The van der Waals surface area contributed by atoms with E-state index in [-0.39, 0.29) is 21.6 Å². The minimum atomic E-state index is -0.249. The quantitative estimate of drug-likeness (QED) is 0.401. The number of amides is 1. The fraction of sp³-hybridized carbons (Fsp3) is 0.556. The Morgan fingerprint density at radius 2 is 2.21 bits per heavy atom. The van der Waals surface area contributed by atoms with E-state index in [1.165, 1.54) is 13.0 Å². The summed E-state index contributed by atoms with van der Waals surface area (Å²) in [5, 5.41) is 2.71. The Morgan fingerprint density at radius 3 is 2.79 bits per heavy atom. The molecule has 0 fully saturated rings. The van der Waals surface area contributed by atoms with Gasteiger partial charge in [0.05, 0.1) is 0 Å². The molecule has 0 bridgehead atoms. The fourth-order valence-corrected chi connectivity index (χ4v) is 1.36. The second kappa shape index (κ2) is 8.49. The SMILES string of the molecule is CC=CC(=O)NCCC[Si]OC(C)=O. The molecule has 0 saturated heterocycles. The van der Waals surface area contributed by atoms with Crippen molar-refractivity contribution in [2.75, 3.05) is 6.54 Å². The van der Waals surface area contributed by atoms with Gasteiger partial charge in [-0.2, -0.15) is 0 Å². The topological polar surface area (TPSA) is 55.4 Å². The van der Waals surface area contributed by atoms with E-state index in [0.29, 0.717) is 6.54 Å². The van der Waals surface area contributed by atoms with Crippen LogP contribution in [0.15, 0.2) is 12.2 Å². The van der Waals surface area contributed by atoms with Crippen LogP contribution in [0.25, 0.3) is 0 Å². The van der Waals surface area contributed by atoms with Gasteiger partial charge >= 0.3 is 9.76 Å². The molecular weight excluding hydrogens is 198 g/mol. The zero-order valence-corrected chi connectivity index (χ0v) is 9.50. The van der Waals surface area contributed by atoms with Gasteiger partial charge in [-0.15, -0.1) is 0 Å². The summed E-state index contributed by atoms with van der Waals surface area (Å²) in [4.78, 5) is 21.3. The number of carbonyl (C=O) groups excluding carboxylic acids is 2. The number of rotatable bonds is 6. The summed E-state index contributed by atoms with van der Waals surface area (Å²) in [7, 11) is 0.198. The molecule has 0 saturated carbocycles. The summed E-state index contributed by atoms with van der Waals surface area (Å²) in [5.41, 5.74) is 0. The lowest BCUT2D eigenvalue weighted by atomic mass is 10.4. The minimum Gasteiger partial charge on any atom is -0.517 e. The largest absolute Gasteiger partial charge is 0.517 e. The van der Waals surface area contributed by atoms with Crippen molar-refractivity contribution in [2.45, 2.75) is 26.3 Å². The monoisotopic (exact) mass is 213 g/mol. The van der Waals surface area contributed by atoms with Crippen molar-refractivity contribution >= 4 is 21.6 Å². The first-order valence-corrected chi connectivity index (χ1v) is 5.59. The molecule has 0 aliphatic heterocycles. The first-order chi connectivity index (χ1) is 6.66. The van der Waals surface area contributed by atoms with Crippen LogP contribution in [0.4, 0.5) is 0 Å². The minimum absolute atomic E-state index is 0.0803. The van der Waals surface area contributed by atoms with Crippen molar-refractivity contribution in [1.29, 1.82) is 0 Å². The molecule has 0 atom stereocenters. The number of hydrogen-bond donors (Lipinski definition) is 1. The van der Waals surface area contributed by atoms with Crippen molar-refractivity contribution < 1.29 is 14.0 Å². The molecule has 1 N–H and O–H groups in total. The molecule has 0 rings (SSSR count). The van der Waals surface area contributed by atoms with Gasteiger partial charge in [-0.3, -0.25) is 9.59 Å². The molecule has 2 radical (unpaired) electrons. The van der Waals surface area contributed by atoms with Gasteiger partial charge < -0.3 is 9.74 Å². The van der Waals surface area contributed by atoms with E-state index in [0.717, 1.165) is 12.5 Å². The molecule has 0 aromatic rings. The van der Waals surface area contributed by atoms with Crippen molar-refractivity contribution in [3.8, 4) is 0 Å². The van der Waals surface area contributed by atoms with Crippen LogP contribution in [0.5, 0.6) is 0 Å². The molecule has 4 nitrogen and oxygen atoms in total. The predicted molar refractivity (Wildman–Crippen MR) is 54.8 cm³/mol. The Kier molecular flexibility index (Phi) is 7.82. The maximum atomic E-state index is 10.9. The molecular formula is C9H15NO3Si. The fourth-order valence-electron chi connectivity index (χ4n) is 0.735. The lowest BCUT2D eigenvalue weighted by molar-refractivity contribution is -0.131. The van der Waals surface area contributed by atoms with Gasteiger partial charge in [0.25, 0.3) is 5.97 Å². The first-order valence-electron chi connectivity index (χ1n) is 4.47. The number of nitrogens with one attached hydrogen (secondary N) is 1. The Bertz CT molecular complexity index is 216. The Balaban J connectivity index is 3.21. The average molecular weight is 213 g/mol. The average Bonchev–Trinajstić information content (AvgIpc) is 2.11. The molecule has 0 aromatic carbocycles. The van der Waals surface area contributed by atoms with Crippen LogP contribution in [-0.2, 0) is 14.0 Å². The molecule has 0 heterocycles. The van der Waals surface area contributed by atoms with Crippen LogP contribution in [0.1, 0.15) is 20.3 Å². The van der Waals surface area contributed by atoms with Gasteiger partial charge in [-0.1, -0.05) is 6.08 Å². The Labute approximate surface area is 86.7 Å². The van der Waals surface area contributed by atoms with Crippen molar-refractivity contribution in [3.63, 3.8) is 0 Å². The van der Waals surface area contributed by atoms with E-state index >= 15 is 0 Å². The second-order valence-corrected chi connectivity index (χ2v) is 3.63. The van der Waals surface area contributed by atoms with Gasteiger partial charge in [-0.05, 0) is 25.5 Å². The van der Waals surface area contributed by atoms with Gasteiger partial charge in [-0.25, -0.2) is 0 Å². The molecule has 0 unspecified atom stereocenters. The zero-order valence-electron chi connectivity index (χ0n) is 8.50. The standard InChI is InChI=1S/C9H15NO3Si/c1-3-5-9(12)10-6-4-7-14-13-8(2)11/h3,5H,4,6-7H2,1-2H3,(H,10,12). The van der Waals surface area contributed by atoms with E-state index in [1.54, 1.807) is 13.0 Å². The lowest BCUT2D eigenvalue weighted by Gasteiger charge is -2.01. The Morgan fingerprint density at radius 1 is 1.50 bits per heavy atom. The summed E-state index contributed by atoms with van der Waals surface area (Å²) in [6.45, 7) is 3.81. The van der Waals surface area contributed by atoms with Gasteiger partial charge in [0.15, 0.2) is 0 Å². The lowest BCUT2D eigenvalue weighted by Crippen LogP contribution is -2.22. The summed E-state index contributed by atoms with van der Waals surface area (Å²) in [6, 6.07) is 0.801.